The molecule has 1 aliphatic rings. The average molecular weight is 424 g/mol. The minimum atomic E-state index is -4.72. The first-order valence-electron chi connectivity index (χ1n) is 10.0. The van der Waals surface area contributed by atoms with Gasteiger partial charge in [-0.15, -0.1) is 13.2 Å². The third-order valence-electron chi connectivity index (χ3n) is 4.98. The van der Waals surface area contributed by atoms with Gasteiger partial charge in [-0.1, -0.05) is 30.3 Å². The number of hydrogen-bond acceptors (Lipinski definition) is 5. The molecule has 1 aliphatic heterocycles. The van der Waals surface area contributed by atoms with Crippen LogP contribution in [-0.2, 0) is 6.54 Å². The Morgan fingerprint density at radius 2 is 1.63 bits per heavy atom. The highest BCUT2D eigenvalue weighted by Gasteiger charge is 2.31. The Balaban J connectivity index is 1.31. The van der Waals surface area contributed by atoms with Crippen LogP contribution in [0.5, 0.6) is 11.5 Å². The molecule has 0 bridgehead atoms. The molecule has 0 spiro atoms. The molecule has 164 valence electrons. The molecule has 0 aliphatic carbocycles. The van der Waals surface area contributed by atoms with Gasteiger partial charge in [0.25, 0.3) is 0 Å². The van der Waals surface area contributed by atoms with Crippen LogP contribution < -0.4 is 14.8 Å². The van der Waals surface area contributed by atoms with Gasteiger partial charge in [-0.2, -0.15) is 0 Å². The average Bonchev–Trinajstić information content (AvgIpc) is 2.72. The van der Waals surface area contributed by atoms with Crippen LogP contribution in [0.15, 0.2) is 54.6 Å². The van der Waals surface area contributed by atoms with Crippen molar-refractivity contribution >= 4 is 0 Å². The van der Waals surface area contributed by atoms with Gasteiger partial charge in [0, 0.05) is 19.1 Å². The first-order chi connectivity index (χ1) is 14.4. The molecule has 2 aromatic carbocycles. The largest absolute Gasteiger partial charge is 0.573 e. The summed E-state index contributed by atoms with van der Waals surface area (Å²) >= 11 is 0. The van der Waals surface area contributed by atoms with E-state index >= 15 is 0 Å². The number of aliphatic hydroxyl groups is 1. The van der Waals surface area contributed by atoms with Crippen molar-refractivity contribution in [3.63, 3.8) is 0 Å². The molecule has 0 unspecified atom stereocenters. The van der Waals surface area contributed by atoms with Gasteiger partial charge < -0.3 is 19.9 Å². The molecule has 0 radical (unpaired) electrons. The molecular weight excluding hydrogens is 397 g/mol. The summed E-state index contributed by atoms with van der Waals surface area (Å²) in [6.45, 7) is 3.42. The Hall–Kier alpha value is -2.29. The van der Waals surface area contributed by atoms with E-state index in [1.165, 1.54) is 29.8 Å². The highest BCUT2D eigenvalue weighted by molar-refractivity contribution is 5.31. The molecule has 3 rings (SSSR count). The molecule has 0 aromatic heterocycles. The number of nitrogens with zero attached hydrogens (tertiary/aromatic N) is 1. The van der Waals surface area contributed by atoms with Crippen LogP contribution in [0.4, 0.5) is 13.2 Å². The monoisotopic (exact) mass is 424 g/mol. The standard InChI is InChI=1S/C22H27F3N2O3/c23-22(24,25)30-21-8-6-20(7-9-21)29-16-19(28)14-26-18-10-12-27(13-11-18)15-17-4-2-1-3-5-17/h1-9,18-19,26,28H,10-16H2/t19-/m0/s1. The summed E-state index contributed by atoms with van der Waals surface area (Å²) < 4.78 is 45.7. The first-order valence-corrected chi connectivity index (χ1v) is 10.0. The van der Waals surface area contributed by atoms with E-state index in [-0.39, 0.29) is 12.4 Å². The van der Waals surface area contributed by atoms with Crippen LogP contribution in [-0.4, -0.2) is 54.8 Å². The number of benzene rings is 2. The van der Waals surface area contributed by atoms with E-state index < -0.39 is 12.5 Å². The van der Waals surface area contributed by atoms with Gasteiger partial charge in [-0.05, 0) is 55.8 Å². The van der Waals surface area contributed by atoms with Gasteiger partial charge in [0.2, 0.25) is 0 Å². The third-order valence-corrected chi connectivity index (χ3v) is 4.98. The number of aliphatic hydroxyl groups excluding tert-OH is 1. The molecule has 8 heteroatoms. The maximum Gasteiger partial charge on any atom is 0.573 e. The summed E-state index contributed by atoms with van der Waals surface area (Å²) in [6.07, 6.45) is -3.40. The second kappa shape index (κ2) is 10.7. The summed E-state index contributed by atoms with van der Waals surface area (Å²) in [4.78, 5) is 2.43. The van der Waals surface area contributed by atoms with Crippen LogP contribution in [0, 0.1) is 0 Å². The number of alkyl halides is 3. The van der Waals surface area contributed by atoms with E-state index in [0.29, 0.717) is 18.3 Å². The minimum Gasteiger partial charge on any atom is -0.491 e. The zero-order chi connectivity index (χ0) is 21.4. The minimum absolute atomic E-state index is 0.0549. The van der Waals surface area contributed by atoms with Crippen LogP contribution in [0.3, 0.4) is 0 Å². The summed E-state index contributed by atoms with van der Waals surface area (Å²) in [5.74, 6) is 0.0634. The first kappa shape index (κ1) is 22.4. The van der Waals surface area contributed by atoms with Gasteiger partial charge in [-0.3, -0.25) is 4.90 Å². The van der Waals surface area contributed by atoms with E-state index in [9.17, 15) is 18.3 Å². The number of halogens is 3. The van der Waals surface area contributed by atoms with E-state index in [0.717, 1.165) is 32.5 Å². The second-order valence-corrected chi connectivity index (χ2v) is 7.43. The molecule has 0 saturated carbocycles. The Bertz CT molecular complexity index is 748. The molecular formula is C22H27F3N2O3. The van der Waals surface area contributed by atoms with Crippen molar-refractivity contribution < 1.29 is 27.8 Å². The molecule has 0 amide bonds. The zero-order valence-electron chi connectivity index (χ0n) is 16.6. The molecule has 1 saturated heterocycles. The molecule has 2 N–H and O–H groups in total. The van der Waals surface area contributed by atoms with Crippen LogP contribution in [0.1, 0.15) is 18.4 Å². The summed E-state index contributed by atoms with van der Waals surface area (Å²) in [6, 6.07) is 15.9. The van der Waals surface area contributed by atoms with Crippen molar-refractivity contribution in [1.82, 2.24) is 10.2 Å². The number of ether oxygens (including phenoxy) is 2. The molecule has 1 atom stereocenters. The normalized spacial score (nSPS) is 16.9. The zero-order valence-corrected chi connectivity index (χ0v) is 16.6. The summed E-state index contributed by atoms with van der Waals surface area (Å²) in [7, 11) is 0. The van der Waals surface area contributed by atoms with Gasteiger partial charge in [0.15, 0.2) is 0 Å². The van der Waals surface area contributed by atoms with Crippen LogP contribution in [0.25, 0.3) is 0 Å². The van der Waals surface area contributed by atoms with Crippen molar-refractivity contribution in [1.29, 1.82) is 0 Å². The quantitative estimate of drug-likeness (QED) is 0.645. The Morgan fingerprint density at radius 3 is 2.27 bits per heavy atom. The van der Waals surface area contributed by atoms with Crippen molar-refractivity contribution in [3.05, 3.63) is 60.2 Å². The number of piperidine rings is 1. The fourth-order valence-electron chi connectivity index (χ4n) is 3.43. The maximum atomic E-state index is 12.2. The fraction of sp³-hybridized carbons (Fsp3) is 0.455. The van der Waals surface area contributed by atoms with Gasteiger partial charge in [0.1, 0.15) is 24.2 Å². The van der Waals surface area contributed by atoms with E-state index in [4.69, 9.17) is 4.74 Å². The molecule has 1 heterocycles. The highest BCUT2D eigenvalue weighted by Crippen LogP contribution is 2.24. The second-order valence-electron chi connectivity index (χ2n) is 7.43. The number of hydrogen-bond donors (Lipinski definition) is 2. The number of likely N-dealkylation sites (tertiary alicyclic amines) is 1. The van der Waals surface area contributed by atoms with Crippen LogP contribution in [0.2, 0.25) is 0 Å². The lowest BCUT2D eigenvalue weighted by atomic mass is 10.0. The number of rotatable bonds is 9. The smallest absolute Gasteiger partial charge is 0.491 e. The molecule has 2 aromatic rings. The maximum absolute atomic E-state index is 12.2. The highest BCUT2D eigenvalue weighted by atomic mass is 19.4. The topological polar surface area (TPSA) is 54.0 Å². The third kappa shape index (κ3) is 7.85. The van der Waals surface area contributed by atoms with Crippen molar-refractivity contribution in [2.24, 2.45) is 0 Å². The Morgan fingerprint density at radius 1 is 1.00 bits per heavy atom. The van der Waals surface area contributed by atoms with Crippen LogP contribution >= 0.6 is 0 Å². The van der Waals surface area contributed by atoms with E-state index in [1.54, 1.807) is 0 Å². The lowest BCUT2D eigenvalue weighted by Gasteiger charge is -2.33. The summed E-state index contributed by atoms with van der Waals surface area (Å²) in [5, 5.41) is 13.5. The summed E-state index contributed by atoms with van der Waals surface area (Å²) in [5.41, 5.74) is 1.31. The van der Waals surface area contributed by atoms with Gasteiger partial charge in [-0.25, -0.2) is 0 Å². The van der Waals surface area contributed by atoms with Crippen molar-refractivity contribution in [2.45, 2.75) is 37.9 Å². The Kier molecular flexibility index (Phi) is 7.95. The van der Waals surface area contributed by atoms with Crippen molar-refractivity contribution in [2.75, 3.05) is 26.2 Å². The SMILES string of the molecule is O[C@@H](CNC1CCN(Cc2ccccc2)CC1)COc1ccc(OC(F)(F)F)cc1. The van der Waals surface area contributed by atoms with Gasteiger partial charge in [0.05, 0.1) is 0 Å². The molecule has 30 heavy (non-hydrogen) atoms. The molecule has 1 fully saturated rings. The lowest BCUT2D eigenvalue weighted by molar-refractivity contribution is -0.274. The van der Waals surface area contributed by atoms with Crippen molar-refractivity contribution in [3.8, 4) is 11.5 Å². The van der Waals surface area contributed by atoms with Gasteiger partial charge >= 0.3 is 6.36 Å². The fourth-order valence-corrected chi connectivity index (χ4v) is 3.43. The lowest BCUT2D eigenvalue weighted by Crippen LogP contribution is -2.45. The van der Waals surface area contributed by atoms with E-state index in [2.05, 4.69) is 39.2 Å². The predicted octanol–water partition coefficient (Wildman–Crippen LogP) is 3.58. The number of nitrogens with one attached hydrogen (secondary N) is 1. The Labute approximate surface area is 174 Å². The predicted molar refractivity (Wildman–Crippen MR) is 107 cm³/mol. The van der Waals surface area contributed by atoms with E-state index in [1.807, 2.05) is 6.07 Å². The molecule has 5 nitrogen and oxygen atoms in total.